The molecule has 0 heterocycles. The van der Waals surface area contributed by atoms with Crippen LogP contribution in [0.5, 0.6) is 0 Å². The van der Waals surface area contributed by atoms with Gasteiger partial charge in [-0.2, -0.15) is 5.26 Å². The molecule has 2 rings (SSSR count). The molecule has 0 spiro atoms. The smallest absolute Gasteiger partial charge is 0.124 e. The third kappa shape index (κ3) is 2.09. The van der Waals surface area contributed by atoms with Gasteiger partial charge in [-0.3, -0.25) is 0 Å². The highest BCUT2D eigenvalue weighted by Crippen LogP contribution is 2.20. The summed E-state index contributed by atoms with van der Waals surface area (Å²) in [5.74, 6) is -0.350. The van der Waals surface area contributed by atoms with Gasteiger partial charge in [0, 0.05) is 12.6 Å². The molecule has 1 aliphatic rings. The summed E-state index contributed by atoms with van der Waals surface area (Å²) in [4.78, 5) is 0. The lowest BCUT2D eigenvalue weighted by Crippen LogP contribution is -2.16. The molecule has 1 N–H and O–H groups in total. The summed E-state index contributed by atoms with van der Waals surface area (Å²) in [5, 5.41) is 12.1. The Balaban J connectivity index is 2.10. The standard InChI is InChI=1S/C11H11FN2/c12-10-2-1-8(9(5-10)6-13)7-14-11-3-4-11/h1-2,5,11,14H,3-4,7H2. The molecule has 72 valence electrons. The predicted octanol–water partition coefficient (Wildman–Crippen LogP) is 1.95. The topological polar surface area (TPSA) is 35.8 Å². The van der Waals surface area contributed by atoms with Crippen LogP contribution in [-0.2, 0) is 6.54 Å². The van der Waals surface area contributed by atoms with Crippen LogP contribution in [0.2, 0.25) is 0 Å². The molecule has 0 aliphatic heterocycles. The lowest BCUT2D eigenvalue weighted by atomic mass is 10.1. The first-order valence-corrected chi connectivity index (χ1v) is 4.71. The van der Waals surface area contributed by atoms with Gasteiger partial charge in [0.05, 0.1) is 11.6 Å². The monoisotopic (exact) mass is 190 g/mol. The molecule has 2 nitrogen and oxygen atoms in total. The van der Waals surface area contributed by atoms with E-state index in [0.717, 1.165) is 5.56 Å². The van der Waals surface area contributed by atoms with Gasteiger partial charge >= 0.3 is 0 Å². The fourth-order valence-corrected chi connectivity index (χ4v) is 1.35. The van der Waals surface area contributed by atoms with Crippen molar-refractivity contribution < 1.29 is 4.39 Å². The van der Waals surface area contributed by atoms with Crippen molar-refractivity contribution in [2.75, 3.05) is 0 Å². The van der Waals surface area contributed by atoms with Gasteiger partial charge in [0.2, 0.25) is 0 Å². The van der Waals surface area contributed by atoms with Crippen LogP contribution in [-0.4, -0.2) is 6.04 Å². The van der Waals surface area contributed by atoms with E-state index in [9.17, 15) is 4.39 Å². The summed E-state index contributed by atoms with van der Waals surface area (Å²) in [6.45, 7) is 0.661. The first-order chi connectivity index (χ1) is 6.79. The van der Waals surface area contributed by atoms with E-state index in [4.69, 9.17) is 5.26 Å². The van der Waals surface area contributed by atoms with Crippen molar-refractivity contribution >= 4 is 0 Å². The van der Waals surface area contributed by atoms with E-state index in [1.165, 1.54) is 25.0 Å². The van der Waals surface area contributed by atoms with Gasteiger partial charge < -0.3 is 5.32 Å². The summed E-state index contributed by atoms with van der Waals surface area (Å²) in [5.41, 5.74) is 1.30. The first-order valence-electron chi connectivity index (χ1n) is 4.71. The second-order valence-corrected chi connectivity index (χ2v) is 3.57. The summed E-state index contributed by atoms with van der Waals surface area (Å²) < 4.78 is 12.8. The maximum absolute atomic E-state index is 12.8. The third-order valence-corrected chi connectivity index (χ3v) is 2.35. The van der Waals surface area contributed by atoms with Crippen molar-refractivity contribution in [3.63, 3.8) is 0 Å². The Kier molecular flexibility index (Phi) is 2.47. The molecule has 0 aromatic heterocycles. The third-order valence-electron chi connectivity index (χ3n) is 2.35. The van der Waals surface area contributed by atoms with E-state index < -0.39 is 0 Å². The fourth-order valence-electron chi connectivity index (χ4n) is 1.35. The molecule has 1 aromatic carbocycles. The summed E-state index contributed by atoms with van der Waals surface area (Å²) >= 11 is 0. The molecule has 0 amide bonds. The number of rotatable bonds is 3. The van der Waals surface area contributed by atoms with Crippen molar-refractivity contribution in [1.82, 2.24) is 5.32 Å². The van der Waals surface area contributed by atoms with Gasteiger partial charge in [0.25, 0.3) is 0 Å². The van der Waals surface area contributed by atoms with Gasteiger partial charge in [-0.15, -0.1) is 0 Å². The highest BCUT2D eigenvalue weighted by atomic mass is 19.1. The van der Waals surface area contributed by atoms with Crippen LogP contribution < -0.4 is 5.32 Å². The zero-order valence-electron chi connectivity index (χ0n) is 7.76. The minimum absolute atomic E-state index is 0.350. The minimum Gasteiger partial charge on any atom is -0.310 e. The molecule has 14 heavy (non-hydrogen) atoms. The van der Waals surface area contributed by atoms with Crippen LogP contribution in [0.15, 0.2) is 18.2 Å². The molecular weight excluding hydrogens is 179 g/mol. The Bertz CT molecular complexity index is 377. The lowest BCUT2D eigenvalue weighted by molar-refractivity contribution is 0.624. The van der Waals surface area contributed by atoms with Crippen molar-refractivity contribution in [2.45, 2.75) is 25.4 Å². The minimum atomic E-state index is -0.350. The van der Waals surface area contributed by atoms with Crippen LogP contribution in [0.25, 0.3) is 0 Å². The number of hydrogen-bond donors (Lipinski definition) is 1. The second-order valence-electron chi connectivity index (χ2n) is 3.57. The maximum Gasteiger partial charge on any atom is 0.124 e. The highest BCUT2D eigenvalue weighted by Gasteiger charge is 2.20. The molecule has 1 aromatic rings. The highest BCUT2D eigenvalue weighted by molar-refractivity contribution is 5.37. The molecule has 1 aliphatic carbocycles. The second kappa shape index (κ2) is 3.77. The van der Waals surface area contributed by atoms with Crippen molar-refractivity contribution in [3.05, 3.63) is 35.1 Å². The normalized spacial score (nSPS) is 15.1. The Labute approximate surface area is 82.4 Å². The maximum atomic E-state index is 12.8. The van der Waals surface area contributed by atoms with E-state index in [-0.39, 0.29) is 5.82 Å². The molecule has 0 atom stereocenters. The van der Waals surface area contributed by atoms with Crippen LogP contribution in [0.4, 0.5) is 4.39 Å². The molecule has 0 radical (unpaired) electrons. The van der Waals surface area contributed by atoms with Crippen LogP contribution in [0, 0.1) is 17.1 Å². The average Bonchev–Trinajstić information content (AvgIpc) is 2.99. The zero-order valence-corrected chi connectivity index (χ0v) is 7.76. The Morgan fingerprint density at radius 1 is 1.50 bits per heavy atom. The van der Waals surface area contributed by atoms with E-state index in [1.807, 2.05) is 6.07 Å². The van der Waals surface area contributed by atoms with E-state index in [2.05, 4.69) is 5.32 Å². The summed E-state index contributed by atoms with van der Waals surface area (Å²) in [6, 6.07) is 6.95. The molecular formula is C11H11FN2. The zero-order chi connectivity index (χ0) is 9.97. The Morgan fingerprint density at radius 3 is 2.93 bits per heavy atom. The predicted molar refractivity (Wildman–Crippen MR) is 51.0 cm³/mol. The summed E-state index contributed by atoms with van der Waals surface area (Å²) in [6.07, 6.45) is 2.42. The van der Waals surface area contributed by atoms with Crippen LogP contribution in [0.3, 0.4) is 0 Å². The quantitative estimate of drug-likeness (QED) is 0.790. The number of nitrogens with one attached hydrogen (secondary N) is 1. The molecule has 3 heteroatoms. The van der Waals surface area contributed by atoms with E-state index in [1.54, 1.807) is 6.07 Å². The van der Waals surface area contributed by atoms with Gasteiger partial charge in [-0.05, 0) is 30.5 Å². The van der Waals surface area contributed by atoms with E-state index in [0.29, 0.717) is 18.2 Å². The summed E-state index contributed by atoms with van der Waals surface area (Å²) in [7, 11) is 0. The van der Waals surface area contributed by atoms with Crippen molar-refractivity contribution in [3.8, 4) is 6.07 Å². The SMILES string of the molecule is N#Cc1cc(F)ccc1CNC1CC1. The molecule has 0 saturated heterocycles. The van der Waals surface area contributed by atoms with Crippen molar-refractivity contribution in [1.29, 1.82) is 5.26 Å². The van der Waals surface area contributed by atoms with Crippen LogP contribution in [0.1, 0.15) is 24.0 Å². The van der Waals surface area contributed by atoms with Gasteiger partial charge in [0.15, 0.2) is 0 Å². The van der Waals surface area contributed by atoms with Gasteiger partial charge in [-0.25, -0.2) is 4.39 Å². The molecule has 1 fully saturated rings. The van der Waals surface area contributed by atoms with Gasteiger partial charge in [-0.1, -0.05) is 6.07 Å². The van der Waals surface area contributed by atoms with Crippen LogP contribution >= 0.6 is 0 Å². The molecule has 0 unspecified atom stereocenters. The largest absolute Gasteiger partial charge is 0.310 e. The average molecular weight is 190 g/mol. The lowest BCUT2D eigenvalue weighted by Gasteiger charge is -2.04. The van der Waals surface area contributed by atoms with Gasteiger partial charge in [0.1, 0.15) is 5.82 Å². The number of hydrogen-bond acceptors (Lipinski definition) is 2. The Morgan fingerprint density at radius 2 is 2.29 bits per heavy atom. The van der Waals surface area contributed by atoms with Crippen molar-refractivity contribution in [2.24, 2.45) is 0 Å². The number of nitriles is 1. The molecule has 1 saturated carbocycles. The fraction of sp³-hybridized carbons (Fsp3) is 0.364. The van der Waals surface area contributed by atoms with E-state index >= 15 is 0 Å². The number of nitrogens with zero attached hydrogens (tertiary/aromatic N) is 1. The number of benzene rings is 1. The number of halogens is 1. The molecule has 0 bridgehead atoms. The Hall–Kier alpha value is -1.40. The first kappa shape index (κ1) is 9.17.